The highest BCUT2D eigenvalue weighted by Crippen LogP contribution is 1.73. The van der Waals surface area contributed by atoms with Gasteiger partial charge in [0, 0.05) is 12.4 Å². The van der Waals surface area contributed by atoms with Gasteiger partial charge < -0.3 is 0 Å². The van der Waals surface area contributed by atoms with Gasteiger partial charge in [-0.2, -0.15) is 9.90 Å². The monoisotopic (exact) mass is 213 g/mol. The van der Waals surface area contributed by atoms with E-state index in [0.29, 0.717) is 0 Å². The molecule has 0 aromatic carbocycles. The first-order chi connectivity index (χ1) is 3.00. The molecule has 0 spiro atoms. The molecule has 1 unspecified atom stereocenters. The van der Waals surface area contributed by atoms with Gasteiger partial charge in [0.05, 0.1) is 0 Å². The lowest BCUT2D eigenvalue weighted by atomic mass is 10.5. The maximum absolute atomic E-state index is 3.78. The quantitative estimate of drug-likeness (QED) is 0.473. The summed E-state index contributed by atoms with van der Waals surface area (Å²) >= 11 is 0. The van der Waals surface area contributed by atoms with Gasteiger partial charge in [-0.15, -0.1) is 0 Å². The van der Waals surface area contributed by atoms with E-state index in [1.54, 1.807) is 12.4 Å². The first-order valence-corrected chi connectivity index (χ1v) is 1.85. The van der Waals surface area contributed by atoms with E-state index in [9.17, 15) is 0 Å². The minimum absolute atomic E-state index is 0. The van der Waals surface area contributed by atoms with Crippen LogP contribution in [0.1, 0.15) is 0 Å². The largest absolute Gasteiger partial charge is 0.269 e. The molecular weight excluding hydrogens is 200 g/mol. The third kappa shape index (κ3) is 22.9. The average Bonchev–Trinajstić information content (AvgIpc) is 1.72. The van der Waals surface area contributed by atoms with Crippen molar-refractivity contribution in [2.75, 3.05) is 0 Å². The Morgan fingerprint density at radius 3 is 1.00 bits per heavy atom. The Balaban J connectivity index is -0.0000000150. The second-order valence-electron chi connectivity index (χ2n) is 1.02. The molecule has 0 aliphatic rings. The topological polar surface area (TPSA) is 12.9 Å². The average molecular weight is 213 g/mol. The summed E-state index contributed by atoms with van der Waals surface area (Å²) in [6.07, 6.45) is 3.50. The number of halogens is 5. The summed E-state index contributed by atoms with van der Waals surface area (Å²) in [6.45, 7) is 0. The number of aromatic nitrogens is 1. The fraction of sp³-hybridized carbons (Fsp3) is 0. The molecular formula is C5H13F5NP. The Morgan fingerprint density at radius 1 is 0.583 bits per heavy atom. The van der Waals surface area contributed by atoms with Gasteiger partial charge in [0.25, 0.3) is 0 Å². The maximum atomic E-state index is 3.78. The fourth-order valence-corrected chi connectivity index (χ4v) is 0.313. The summed E-state index contributed by atoms with van der Waals surface area (Å²) < 4.78 is 0. The highest BCUT2D eigenvalue weighted by Gasteiger charge is 1.58. The zero-order valence-corrected chi connectivity index (χ0v) is 7.50. The molecule has 12 heavy (non-hydrogen) atoms. The molecule has 0 radical (unpaired) electrons. The predicted molar refractivity (Wildman–Crippen MR) is 47.9 cm³/mol. The van der Waals surface area contributed by atoms with E-state index in [1.807, 2.05) is 18.2 Å². The third-order valence-electron chi connectivity index (χ3n) is 0.566. The minimum atomic E-state index is 0. The van der Waals surface area contributed by atoms with Gasteiger partial charge in [0.15, 0.2) is 0 Å². The summed E-state index contributed by atoms with van der Waals surface area (Å²) in [4.78, 5) is 3.78. The van der Waals surface area contributed by atoms with E-state index in [-0.39, 0.29) is 33.4 Å². The molecule has 78 valence electrons. The second-order valence-corrected chi connectivity index (χ2v) is 1.02. The highest BCUT2D eigenvalue weighted by atomic mass is 31.0. The summed E-state index contributed by atoms with van der Waals surface area (Å²) in [5.74, 6) is 0. The van der Waals surface area contributed by atoms with Crippen molar-refractivity contribution in [1.82, 2.24) is 4.98 Å². The van der Waals surface area contributed by atoms with Crippen LogP contribution < -0.4 is 0 Å². The normalized spacial score (nSPS) is 4.00. The van der Waals surface area contributed by atoms with Crippen molar-refractivity contribution in [2.24, 2.45) is 0 Å². The molecule has 0 aliphatic carbocycles. The summed E-state index contributed by atoms with van der Waals surface area (Å²) in [5.41, 5.74) is 0. The van der Waals surface area contributed by atoms with Gasteiger partial charge in [-0.1, -0.05) is 6.07 Å². The fourth-order valence-electron chi connectivity index (χ4n) is 0.313. The van der Waals surface area contributed by atoms with Gasteiger partial charge >= 0.3 is 0 Å². The molecule has 0 N–H and O–H groups in total. The molecule has 0 bridgehead atoms. The molecule has 1 atom stereocenters. The van der Waals surface area contributed by atoms with Crippen LogP contribution in [0.2, 0.25) is 0 Å². The Kier molecular flexibility index (Phi) is 114. The predicted octanol–water partition coefficient (Wildman–Crippen LogP) is 1.90. The van der Waals surface area contributed by atoms with Crippen LogP contribution in [-0.2, 0) is 0 Å². The van der Waals surface area contributed by atoms with Crippen LogP contribution in [0, 0.1) is 0 Å². The first-order valence-electron chi connectivity index (χ1n) is 1.85. The first kappa shape index (κ1) is 43.0. The molecule has 1 aromatic rings. The molecule has 0 amide bonds. The van der Waals surface area contributed by atoms with Crippen molar-refractivity contribution in [3.63, 3.8) is 0 Å². The van der Waals surface area contributed by atoms with Gasteiger partial charge in [-0.3, -0.25) is 28.5 Å². The van der Waals surface area contributed by atoms with Crippen molar-refractivity contribution in [3.8, 4) is 0 Å². The van der Waals surface area contributed by atoms with E-state index >= 15 is 0 Å². The summed E-state index contributed by atoms with van der Waals surface area (Å²) in [6, 6.07) is 5.72. The van der Waals surface area contributed by atoms with Crippen molar-refractivity contribution < 1.29 is 23.5 Å². The molecule has 0 aliphatic heterocycles. The zero-order chi connectivity index (χ0) is 4.24. The number of nitrogens with zero attached hydrogens (tertiary/aromatic N) is 1. The van der Waals surface area contributed by atoms with Crippen molar-refractivity contribution in [3.05, 3.63) is 30.6 Å². The number of hydrogen-bond acceptors (Lipinski definition) is 1. The van der Waals surface area contributed by atoms with Crippen molar-refractivity contribution in [1.29, 1.82) is 0 Å². The van der Waals surface area contributed by atoms with Crippen LogP contribution in [0.15, 0.2) is 30.6 Å². The smallest absolute Gasteiger partial charge is 0.0267 e. The van der Waals surface area contributed by atoms with Gasteiger partial charge in [-0.25, -0.2) is 0 Å². The van der Waals surface area contributed by atoms with Gasteiger partial charge in [0.2, 0.25) is 0 Å². The standard InChI is InChI=1S/C5H5N.5FH.H3P/c1-2-4-6-5-3-1;;;;;;/h1-5H;5*1H;1H3. The van der Waals surface area contributed by atoms with Crippen LogP contribution in [0.3, 0.4) is 0 Å². The Hall–Kier alpha value is -0.770. The van der Waals surface area contributed by atoms with Gasteiger partial charge in [-0.05, 0) is 12.1 Å². The zero-order valence-electron chi connectivity index (χ0n) is 6.08. The minimum Gasteiger partial charge on any atom is -0.269 e. The SMILES string of the molecule is F.F.F.F.F.P.c1ccncc1. The van der Waals surface area contributed by atoms with Crippen LogP contribution in [0.4, 0.5) is 23.5 Å². The van der Waals surface area contributed by atoms with E-state index in [0.717, 1.165) is 0 Å². The lowest BCUT2D eigenvalue weighted by Crippen LogP contribution is -1.58. The Labute approximate surface area is 70.0 Å². The van der Waals surface area contributed by atoms with Crippen LogP contribution in [-0.4, -0.2) is 4.98 Å². The van der Waals surface area contributed by atoms with Crippen LogP contribution in [0.5, 0.6) is 0 Å². The molecule has 0 saturated heterocycles. The molecule has 1 heterocycles. The molecule has 1 rings (SSSR count). The Bertz CT molecular complexity index is 91.8. The van der Waals surface area contributed by atoms with E-state index in [1.165, 1.54) is 0 Å². The second kappa shape index (κ2) is 31.9. The molecule has 1 nitrogen and oxygen atoms in total. The molecule has 0 saturated carbocycles. The number of pyridine rings is 1. The van der Waals surface area contributed by atoms with Crippen LogP contribution >= 0.6 is 9.90 Å². The van der Waals surface area contributed by atoms with Crippen LogP contribution in [0.25, 0.3) is 0 Å². The molecule has 0 fully saturated rings. The van der Waals surface area contributed by atoms with E-state index in [4.69, 9.17) is 0 Å². The lowest BCUT2D eigenvalue weighted by Gasteiger charge is -1.70. The number of hydrogen-bond donors (Lipinski definition) is 0. The third-order valence-corrected chi connectivity index (χ3v) is 0.566. The van der Waals surface area contributed by atoms with Crippen molar-refractivity contribution >= 4 is 9.90 Å². The van der Waals surface area contributed by atoms with Gasteiger partial charge in [0.1, 0.15) is 0 Å². The molecule has 1 aromatic heterocycles. The Morgan fingerprint density at radius 2 is 0.917 bits per heavy atom. The van der Waals surface area contributed by atoms with E-state index in [2.05, 4.69) is 4.98 Å². The summed E-state index contributed by atoms with van der Waals surface area (Å²) in [5, 5.41) is 0. The number of rotatable bonds is 0. The highest BCUT2D eigenvalue weighted by molar-refractivity contribution is 6.92. The lowest BCUT2D eigenvalue weighted by molar-refractivity contribution is 1.11. The molecule has 7 heteroatoms. The van der Waals surface area contributed by atoms with E-state index < -0.39 is 0 Å². The maximum Gasteiger partial charge on any atom is 0.0267 e. The summed E-state index contributed by atoms with van der Waals surface area (Å²) in [7, 11) is 0. The van der Waals surface area contributed by atoms with Crippen molar-refractivity contribution in [2.45, 2.75) is 0 Å².